The normalized spacial score (nSPS) is 44.6. The number of halogens is 2. The number of fused-ring (bicyclic) bond motifs is 1. The molecule has 2 atom stereocenters. The number of rotatable bonds is 0. The van der Waals surface area contributed by atoms with Gasteiger partial charge in [-0.05, 0) is 0 Å². The van der Waals surface area contributed by atoms with Gasteiger partial charge in [-0.15, -0.1) is 0 Å². The van der Waals surface area contributed by atoms with E-state index in [0.717, 1.165) is 17.0 Å². The number of alkyl halides is 3. The second-order valence-electron chi connectivity index (χ2n) is 2.61. The van der Waals surface area contributed by atoms with Gasteiger partial charge in [0, 0.05) is 0 Å². The van der Waals surface area contributed by atoms with Crippen molar-refractivity contribution in [3.63, 3.8) is 0 Å². The minimum absolute atomic E-state index is 0.357. The zero-order valence-corrected chi connectivity index (χ0v) is 7.34. The molecule has 2 aliphatic heterocycles. The second-order valence-corrected chi connectivity index (χ2v) is 6.00. The van der Waals surface area contributed by atoms with Gasteiger partial charge < -0.3 is 0 Å². The third-order valence-corrected chi connectivity index (χ3v) is 5.36. The summed E-state index contributed by atoms with van der Waals surface area (Å²) >= 11 is 0.357. The first-order valence-electron chi connectivity index (χ1n) is 3.32. The van der Waals surface area contributed by atoms with Gasteiger partial charge >= 0.3 is 64.7 Å². The summed E-state index contributed by atoms with van der Waals surface area (Å²) in [5.41, 5.74) is 0. The summed E-state index contributed by atoms with van der Waals surface area (Å²) in [4.78, 5) is 2.33. The molecule has 0 bridgehead atoms. The van der Waals surface area contributed by atoms with E-state index in [0.29, 0.717) is 21.2 Å². The van der Waals surface area contributed by atoms with E-state index in [1.807, 2.05) is 0 Å². The first-order chi connectivity index (χ1) is 4.36. The number of hydrogen-bond acceptors (Lipinski definition) is 1. The summed E-state index contributed by atoms with van der Waals surface area (Å²) in [6.45, 7) is 1.93. The van der Waals surface area contributed by atoms with Crippen molar-refractivity contribution in [1.29, 1.82) is 0 Å². The average molecular weight is 242 g/mol. The van der Waals surface area contributed by atoms with Crippen LogP contribution in [0.15, 0.2) is 0 Å². The van der Waals surface area contributed by atoms with Crippen LogP contribution in [0.1, 0.15) is 6.42 Å². The molecule has 0 aromatic heterocycles. The Morgan fingerprint density at radius 2 is 2.44 bits per heavy atom. The summed E-state index contributed by atoms with van der Waals surface area (Å²) in [6.07, 6.45) is 0.364. The van der Waals surface area contributed by atoms with E-state index < -0.39 is 6.17 Å². The van der Waals surface area contributed by atoms with Crippen molar-refractivity contribution in [2.45, 2.75) is 16.6 Å². The van der Waals surface area contributed by atoms with E-state index in [1.165, 1.54) is 11.0 Å². The maximum atomic E-state index is 12.6. The standard InChI is InChI=1S/C6H10FIN/c7-5-3-6-8-1-2-9(6)4-5/h5-6H,1-4H2/q-1. The first-order valence-corrected chi connectivity index (χ1v) is 6.09. The predicted octanol–water partition coefficient (Wildman–Crippen LogP) is -2.54. The van der Waals surface area contributed by atoms with E-state index in [2.05, 4.69) is 4.90 Å². The Morgan fingerprint density at radius 3 is 3.22 bits per heavy atom. The molecular formula is C6H10FIN-. The van der Waals surface area contributed by atoms with Crippen molar-refractivity contribution in [2.75, 3.05) is 17.5 Å². The van der Waals surface area contributed by atoms with Crippen LogP contribution in [0.25, 0.3) is 0 Å². The summed E-state index contributed by atoms with van der Waals surface area (Å²) < 4.78 is 14.7. The van der Waals surface area contributed by atoms with Crippen molar-refractivity contribution >= 4 is 0 Å². The van der Waals surface area contributed by atoms with Crippen LogP contribution in [-0.2, 0) is 0 Å². The SMILES string of the molecule is FC1CC2[I-]CCN2C1. The minimum atomic E-state index is -0.491. The molecule has 2 rings (SSSR count). The third kappa shape index (κ3) is 1.09. The van der Waals surface area contributed by atoms with Gasteiger partial charge in [-0.25, -0.2) is 0 Å². The fraction of sp³-hybridized carbons (Fsp3) is 1.00. The fourth-order valence-corrected chi connectivity index (χ4v) is 5.07. The molecular weight excluding hydrogens is 232 g/mol. The molecule has 2 unspecified atom stereocenters. The number of hydrogen-bond donors (Lipinski definition) is 0. The van der Waals surface area contributed by atoms with Crippen LogP contribution in [0.2, 0.25) is 0 Å². The Morgan fingerprint density at radius 1 is 1.56 bits per heavy atom. The first kappa shape index (κ1) is 6.34. The molecule has 9 heavy (non-hydrogen) atoms. The maximum absolute atomic E-state index is 12.6. The quantitative estimate of drug-likeness (QED) is 0.257. The Hall–Kier alpha value is 0.620. The van der Waals surface area contributed by atoms with Gasteiger partial charge in [0.2, 0.25) is 0 Å². The summed E-state index contributed by atoms with van der Waals surface area (Å²) in [5.74, 6) is 0. The monoisotopic (exact) mass is 242 g/mol. The van der Waals surface area contributed by atoms with E-state index in [4.69, 9.17) is 0 Å². The molecule has 2 aliphatic rings. The van der Waals surface area contributed by atoms with Crippen LogP contribution >= 0.6 is 0 Å². The molecule has 0 aromatic rings. The molecule has 0 amide bonds. The van der Waals surface area contributed by atoms with Gasteiger partial charge in [0.25, 0.3) is 0 Å². The molecule has 0 aromatic carbocycles. The van der Waals surface area contributed by atoms with Crippen LogP contribution in [0.4, 0.5) is 4.39 Å². The van der Waals surface area contributed by atoms with E-state index in [9.17, 15) is 4.39 Å². The van der Waals surface area contributed by atoms with E-state index in [-0.39, 0.29) is 0 Å². The molecule has 1 nitrogen and oxygen atoms in total. The molecule has 3 heteroatoms. The van der Waals surface area contributed by atoms with Crippen LogP contribution in [-0.4, -0.2) is 32.6 Å². The van der Waals surface area contributed by atoms with Crippen LogP contribution < -0.4 is 21.2 Å². The van der Waals surface area contributed by atoms with Gasteiger partial charge in [-0.2, -0.15) is 0 Å². The van der Waals surface area contributed by atoms with Crippen LogP contribution in [0, 0.1) is 0 Å². The van der Waals surface area contributed by atoms with E-state index in [1.54, 1.807) is 0 Å². The zero-order chi connectivity index (χ0) is 6.27. The average Bonchev–Trinajstić information content (AvgIpc) is 2.22. The van der Waals surface area contributed by atoms with Gasteiger partial charge in [0.05, 0.1) is 0 Å². The molecule has 0 N–H and O–H groups in total. The second kappa shape index (κ2) is 2.34. The van der Waals surface area contributed by atoms with Gasteiger partial charge in [-0.1, -0.05) is 0 Å². The molecule has 0 radical (unpaired) electrons. The Balaban J connectivity index is 2.02. The molecule has 0 saturated carbocycles. The predicted molar refractivity (Wildman–Crippen MR) is 29.7 cm³/mol. The Kier molecular flexibility index (Phi) is 1.65. The van der Waals surface area contributed by atoms with Crippen molar-refractivity contribution in [3.8, 4) is 0 Å². The summed E-state index contributed by atoms with van der Waals surface area (Å²) in [5, 5.41) is 0. The topological polar surface area (TPSA) is 3.24 Å². The summed E-state index contributed by atoms with van der Waals surface area (Å²) in [7, 11) is 0. The van der Waals surface area contributed by atoms with Crippen LogP contribution in [0.5, 0.6) is 0 Å². The third-order valence-electron chi connectivity index (χ3n) is 1.94. The fourth-order valence-electron chi connectivity index (χ4n) is 1.48. The zero-order valence-electron chi connectivity index (χ0n) is 5.19. The van der Waals surface area contributed by atoms with Gasteiger partial charge in [0.15, 0.2) is 0 Å². The van der Waals surface area contributed by atoms with Gasteiger partial charge in [-0.3, -0.25) is 0 Å². The molecule has 2 fully saturated rings. The Labute approximate surface area is 64.9 Å². The van der Waals surface area contributed by atoms with Crippen molar-refractivity contribution in [1.82, 2.24) is 4.90 Å². The molecule has 54 valence electrons. The van der Waals surface area contributed by atoms with E-state index >= 15 is 0 Å². The molecule has 2 heterocycles. The van der Waals surface area contributed by atoms with Crippen molar-refractivity contribution in [3.05, 3.63) is 0 Å². The van der Waals surface area contributed by atoms with Crippen molar-refractivity contribution < 1.29 is 25.6 Å². The molecule has 0 spiro atoms. The molecule has 0 aliphatic carbocycles. The Bertz CT molecular complexity index is 108. The van der Waals surface area contributed by atoms with Crippen molar-refractivity contribution in [2.24, 2.45) is 0 Å². The molecule has 2 saturated heterocycles. The van der Waals surface area contributed by atoms with Crippen LogP contribution in [0.3, 0.4) is 0 Å². The number of nitrogens with zero attached hydrogens (tertiary/aromatic N) is 1. The van der Waals surface area contributed by atoms with Gasteiger partial charge in [0.1, 0.15) is 0 Å². The summed E-state index contributed by atoms with van der Waals surface area (Å²) in [6, 6.07) is 0.